The zero-order valence-electron chi connectivity index (χ0n) is 14.3. The van der Waals surface area contributed by atoms with Crippen molar-refractivity contribution in [2.45, 2.75) is 6.92 Å². The summed E-state index contributed by atoms with van der Waals surface area (Å²) in [5.41, 5.74) is 8.68. The van der Waals surface area contributed by atoms with E-state index in [0.29, 0.717) is 17.1 Å². The largest absolute Gasteiger partial charge is 0.382 e. The highest BCUT2D eigenvalue weighted by molar-refractivity contribution is 6.04. The molecule has 0 aliphatic heterocycles. The number of carbonyl (C=O) groups is 1. The Bertz CT molecular complexity index is 907. The molecule has 1 aromatic carbocycles. The van der Waals surface area contributed by atoms with E-state index in [4.69, 9.17) is 5.73 Å². The number of halogens is 1. The number of nitrogens with zero attached hydrogens (tertiary/aromatic N) is 4. The summed E-state index contributed by atoms with van der Waals surface area (Å²) in [5, 5.41) is 2.61. The number of hydrogen-bond donors (Lipinski definition) is 2. The van der Waals surface area contributed by atoms with Crippen LogP contribution in [0.1, 0.15) is 16.1 Å². The van der Waals surface area contributed by atoms with Crippen LogP contribution in [0, 0.1) is 12.7 Å². The highest BCUT2D eigenvalue weighted by Gasteiger charge is 2.14. The van der Waals surface area contributed by atoms with Gasteiger partial charge in [-0.1, -0.05) is 0 Å². The van der Waals surface area contributed by atoms with Gasteiger partial charge in [-0.3, -0.25) is 4.79 Å². The SMILES string of the molecule is Cc1ncnc(N)c1N(C)c1ccc(C(=O)Nc2ccc(F)cn2)cc1. The third-order valence-electron chi connectivity index (χ3n) is 3.85. The number of aromatic nitrogens is 3. The third kappa shape index (κ3) is 3.59. The summed E-state index contributed by atoms with van der Waals surface area (Å²) in [6.07, 6.45) is 2.46. The number of nitrogens with one attached hydrogen (secondary N) is 1. The first-order valence-corrected chi connectivity index (χ1v) is 7.79. The second kappa shape index (κ2) is 7.14. The van der Waals surface area contributed by atoms with Crippen LogP contribution in [-0.2, 0) is 0 Å². The van der Waals surface area contributed by atoms with E-state index in [9.17, 15) is 9.18 Å². The van der Waals surface area contributed by atoms with Crippen LogP contribution in [-0.4, -0.2) is 27.9 Å². The first-order valence-electron chi connectivity index (χ1n) is 7.79. The summed E-state index contributed by atoms with van der Waals surface area (Å²) < 4.78 is 12.9. The summed E-state index contributed by atoms with van der Waals surface area (Å²) in [6, 6.07) is 9.57. The molecule has 0 saturated carbocycles. The molecule has 3 aromatic rings. The highest BCUT2D eigenvalue weighted by Crippen LogP contribution is 2.29. The molecule has 0 spiro atoms. The van der Waals surface area contributed by atoms with Crippen LogP contribution in [0.2, 0.25) is 0 Å². The Hall–Kier alpha value is -3.55. The fourth-order valence-corrected chi connectivity index (χ4v) is 2.50. The lowest BCUT2D eigenvalue weighted by Crippen LogP contribution is -2.16. The number of rotatable bonds is 4. The van der Waals surface area contributed by atoms with Crippen LogP contribution in [0.5, 0.6) is 0 Å². The van der Waals surface area contributed by atoms with Crippen molar-refractivity contribution in [1.29, 1.82) is 0 Å². The summed E-state index contributed by atoms with van der Waals surface area (Å²) >= 11 is 0. The second-order valence-electron chi connectivity index (χ2n) is 5.61. The van der Waals surface area contributed by atoms with Gasteiger partial charge in [-0.05, 0) is 43.3 Å². The van der Waals surface area contributed by atoms with Crippen molar-refractivity contribution in [3.63, 3.8) is 0 Å². The van der Waals surface area contributed by atoms with Gasteiger partial charge in [0, 0.05) is 18.3 Å². The van der Waals surface area contributed by atoms with E-state index in [1.807, 2.05) is 18.9 Å². The standard InChI is InChI=1S/C18H17FN6O/c1-11-16(17(20)23-10-22-11)25(2)14-6-3-12(4-7-14)18(26)24-15-8-5-13(19)9-21-15/h3-10H,1-2H3,(H2,20,22,23)(H,21,24,26). The number of carbonyl (C=O) groups excluding carboxylic acids is 1. The van der Waals surface area contributed by atoms with Crippen LogP contribution < -0.4 is 16.0 Å². The van der Waals surface area contributed by atoms with Gasteiger partial charge in [-0.2, -0.15) is 0 Å². The number of nitrogens with two attached hydrogens (primary N) is 1. The second-order valence-corrected chi connectivity index (χ2v) is 5.61. The summed E-state index contributed by atoms with van der Waals surface area (Å²) in [7, 11) is 1.85. The number of amides is 1. The molecular formula is C18H17FN6O. The van der Waals surface area contributed by atoms with E-state index in [2.05, 4.69) is 20.3 Å². The lowest BCUT2D eigenvalue weighted by atomic mass is 10.1. The minimum absolute atomic E-state index is 0.280. The summed E-state index contributed by atoms with van der Waals surface area (Å²) in [4.78, 5) is 26.1. The molecule has 7 nitrogen and oxygen atoms in total. The van der Waals surface area contributed by atoms with Crippen molar-refractivity contribution in [3.8, 4) is 0 Å². The lowest BCUT2D eigenvalue weighted by Gasteiger charge is -2.22. The normalized spacial score (nSPS) is 10.4. The van der Waals surface area contributed by atoms with Crippen LogP contribution >= 0.6 is 0 Å². The zero-order valence-corrected chi connectivity index (χ0v) is 14.3. The van der Waals surface area contributed by atoms with E-state index in [-0.39, 0.29) is 11.7 Å². The Balaban J connectivity index is 1.77. The molecule has 0 atom stereocenters. The first-order chi connectivity index (χ1) is 12.5. The van der Waals surface area contributed by atoms with Crippen LogP contribution in [0.15, 0.2) is 48.9 Å². The fourth-order valence-electron chi connectivity index (χ4n) is 2.50. The number of nitrogen functional groups attached to an aromatic ring is 1. The lowest BCUT2D eigenvalue weighted by molar-refractivity contribution is 0.102. The van der Waals surface area contributed by atoms with E-state index >= 15 is 0 Å². The van der Waals surface area contributed by atoms with Crippen LogP contribution in [0.3, 0.4) is 0 Å². The van der Waals surface area contributed by atoms with Gasteiger partial charge >= 0.3 is 0 Å². The predicted octanol–water partition coefficient (Wildman–Crippen LogP) is 2.92. The van der Waals surface area contributed by atoms with E-state index in [1.54, 1.807) is 24.3 Å². The number of aryl methyl sites for hydroxylation is 1. The van der Waals surface area contributed by atoms with Crippen molar-refractivity contribution in [3.05, 3.63) is 66.0 Å². The molecule has 3 N–H and O–H groups in total. The van der Waals surface area contributed by atoms with Crippen molar-refractivity contribution in [2.24, 2.45) is 0 Å². The molecule has 2 aromatic heterocycles. The molecule has 0 aliphatic rings. The van der Waals surface area contributed by atoms with Crippen molar-refractivity contribution in [1.82, 2.24) is 15.0 Å². The molecule has 2 heterocycles. The van der Waals surface area contributed by atoms with E-state index < -0.39 is 5.82 Å². The van der Waals surface area contributed by atoms with Crippen molar-refractivity contribution < 1.29 is 9.18 Å². The zero-order chi connectivity index (χ0) is 18.7. The van der Waals surface area contributed by atoms with E-state index in [1.165, 1.54) is 18.5 Å². The Kier molecular flexibility index (Phi) is 4.74. The summed E-state index contributed by atoms with van der Waals surface area (Å²) in [6.45, 7) is 1.85. The van der Waals surface area contributed by atoms with Crippen molar-refractivity contribution in [2.75, 3.05) is 23.0 Å². The molecule has 132 valence electrons. The monoisotopic (exact) mass is 352 g/mol. The molecule has 0 bridgehead atoms. The summed E-state index contributed by atoms with van der Waals surface area (Å²) in [5.74, 6) is -0.140. The molecule has 0 saturated heterocycles. The predicted molar refractivity (Wildman–Crippen MR) is 97.8 cm³/mol. The molecule has 0 radical (unpaired) electrons. The maximum atomic E-state index is 12.9. The number of anilines is 4. The molecule has 8 heteroatoms. The van der Waals surface area contributed by atoms with Crippen molar-refractivity contribution >= 4 is 28.9 Å². The first kappa shape index (κ1) is 17.3. The van der Waals surface area contributed by atoms with Gasteiger partial charge in [-0.25, -0.2) is 19.3 Å². The van der Waals surface area contributed by atoms with E-state index in [0.717, 1.165) is 17.6 Å². The highest BCUT2D eigenvalue weighted by atomic mass is 19.1. The Labute approximate surface area is 149 Å². The third-order valence-corrected chi connectivity index (χ3v) is 3.85. The molecule has 3 rings (SSSR count). The topological polar surface area (TPSA) is 97.0 Å². The minimum Gasteiger partial charge on any atom is -0.382 e. The quantitative estimate of drug-likeness (QED) is 0.749. The minimum atomic E-state index is -0.463. The van der Waals surface area contributed by atoms with Gasteiger partial charge in [0.2, 0.25) is 0 Å². The number of benzene rings is 1. The van der Waals surface area contributed by atoms with Crippen LogP contribution in [0.4, 0.5) is 27.4 Å². The number of pyridine rings is 1. The van der Waals surface area contributed by atoms with Crippen LogP contribution in [0.25, 0.3) is 0 Å². The number of hydrogen-bond acceptors (Lipinski definition) is 6. The molecule has 1 amide bonds. The van der Waals surface area contributed by atoms with Gasteiger partial charge < -0.3 is 16.0 Å². The van der Waals surface area contributed by atoms with Gasteiger partial charge in [0.15, 0.2) is 5.82 Å². The Morgan fingerprint density at radius 3 is 2.46 bits per heavy atom. The molecular weight excluding hydrogens is 335 g/mol. The maximum absolute atomic E-state index is 12.9. The smallest absolute Gasteiger partial charge is 0.256 e. The average molecular weight is 352 g/mol. The molecule has 0 aliphatic carbocycles. The molecule has 0 unspecified atom stereocenters. The van der Waals surface area contributed by atoms with Gasteiger partial charge in [-0.15, -0.1) is 0 Å². The van der Waals surface area contributed by atoms with Gasteiger partial charge in [0.25, 0.3) is 5.91 Å². The Morgan fingerprint density at radius 2 is 1.85 bits per heavy atom. The van der Waals surface area contributed by atoms with Gasteiger partial charge in [0.05, 0.1) is 11.9 Å². The fraction of sp³-hybridized carbons (Fsp3) is 0.111. The Morgan fingerprint density at radius 1 is 1.12 bits per heavy atom. The average Bonchev–Trinajstić information content (AvgIpc) is 2.63. The molecule has 0 fully saturated rings. The molecule has 26 heavy (non-hydrogen) atoms. The van der Waals surface area contributed by atoms with Gasteiger partial charge in [0.1, 0.15) is 23.6 Å². The maximum Gasteiger partial charge on any atom is 0.256 e.